The molecule has 2 heterocycles. The zero-order chi connectivity index (χ0) is 13.9. The predicted molar refractivity (Wildman–Crippen MR) is 70.7 cm³/mol. The van der Waals surface area contributed by atoms with Gasteiger partial charge in [0.1, 0.15) is 17.3 Å². The van der Waals surface area contributed by atoms with E-state index in [1.807, 2.05) is 0 Å². The quantitative estimate of drug-likeness (QED) is 0.671. The lowest BCUT2D eigenvalue weighted by Crippen LogP contribution is -2.26. The summed E-state index contributed by atoms with van der Waals surface area (Å²) >= 11 is 0. The first-order valence-electron chi connectivity index (χ1n) is 6.13. The van der Waals surface area contributed by atoms with Gasteiger partial charge in [-0.2, -0.15) is 0 Å². The van der Waals surface area contributed by atoms with Gasteiger partial charge in [-0.1, -0.05) is 0 Å². The van der Waals surface area contributed by atoms with Gasteiger partial charge in [0.25, 0.3) is 5.91 Å². The SMILES string of the molecule is O=C(NCCc1nc2ccc(F)cc2[nH]1)c1cnc[nH]1. The fraction of sp³-hybridized carbons (Fsp3) is 0.154. The van der Waals surface area contributed by atoms with E-state index in [0.29, 0.717) is 35.5 Å². The van der Waals surface area contributed by atoms with Crippen LogP contribution in [0, 0.1) is 5.82 Å². The lowest BCUT2D eigenvalue weighted by Gasteiger charge is -2.01. The van der Waals surface area contributed by atoms with Gasteiger partial charge in [-0.15, -0.1) is 0 Å². The molecule has 2 aromatic heterocycles. The van der Waals surface area contributed by atoms with Crippen molar-refractivity contribution in [2.45, 2.75) is 6.42 Å². The molecule has 0 unspecified atom stereocenters. The number of carbonyl (C=O) groups is 1. The monoisotopic (exact) mass is 273 g/mol. The number of H-pyrrole nitrogens is 2. The highest BCUT2D eigenvalue weighted by Crippen LogP contribution is 2.12. The van der Waals surface area contributed by atoms with Gasteiger partial charge in [0.15, 0.2) is 0 Å². The molecule has 0 spiro atoms. The summed E-state index contributed by atoms with van der Waals surface area (Å²) in [5.74, 6) is 0.181. The van der Waals surface area contributed by atoms with Gasteiger partial charge in [0.2, 0.25) is 0 Å². The highest BCUT2D eigenvalue weighted by Gasteiger charge is 2.07. The first kappa shape index (κ1) is 12.3. The Balaban J connectivity index is 1.61. The minimum absolute atomic E-state index is 0.218. The summed E-state index contributed by atoms with van der Waals surface area (Å²) in [4.78, 5) is 25.5. The van der Waals surface area contributed by atoms with Crippen molar-refractivity contribution in [3.8, 4) is 0 Å². The van der Waals surface area contributed by atoms with Gasteiger partial charge in [-0.3, -0.25) is 4.79 Å². The zero-order valence-corrected chi connectivity index (χ0v) is 10.5. The average Bonchev–Trinajstić information content (AvgIpc) is 3.06. The maximum Gasteiger partial charge on any atom is 0.269 e. The van der Waals surface area contributed by atoms with E-state index >= 15 is 0 Å². The molecule has 1 amide bonds. The third-order valence-corrected chi connectivity index (χ3v) is 2.88. The Morgan fingerprint density at radius 3 is 3.10 bits per heavy atom. The van der Waals surface area contributed by atoms with Gasteiger partial charge in [0.05, 0.1) is 23.6 Å². The van der Waals surface area contributed by atoms with E-state index in [1.54, 1.807) is 6.07 Å². The topological polar surface area (TPSA) is 86.5 Å². The summed E-state index contributed by atoms with van der Waals surface area (Å²) in [6.07, 6.45) is 3.44. The van der Waals surface area contributed by atoms with Crippen molar-refractivity contribution in [1.82, 2.24) is 25.3 Å². The van der Waals surface area contributed by atoms with Crippen LogP contribution in [0.1, 0.15) is 16.3 Å². The number of nitrogens with zero attached hydrogens (tertiary/aromatic N) is 2. The lowest BCUT2D eigenvalue weighted by molar-refractivity contribution is 0.0949. The molecular weight excluding hydrogens is 261 g/mol. The second kappa shape index (κ2) is 5.12. The molecule has 3 rings (SSSR count). The van der Waals surface area contributed by atoms with E-state index in [1.165, 1.54) is 24.7 Å². The Kier molecular flexibility index (Phi) is 3.16. The summed E-state index contributed by atoms with van der Waals surface area (Å²) in [7, 11) is 0. The van der Waals surface area contributed by atoms with Crippen molar-refractivity contribution < 1.29 is 9.18 Å². The zero-order valence-electron chi connectivity index (χ0n) is 10.5. The molecule has 102 valence electrons. The minimum Gasteiger partial charge on any atom is -0.350 e. The summed E-state index contributed by atoms with van der Waals surface area (Å²) < 4.78 is 13.0. The van der Waals surface area contributed by atoms with Gasteiger partial charge >= 0.3 is 0 Å². The van der Waals surface area contributed by atoms with Crippen LogP contribution in [0.15, 0.2) is 30.7 Å². The molecule has 0 atom stereocenters. The molecule has 1 aromatic carbocycles. The Morgan fingerprint density at radius 1 is 1.40 bits per heavy atom. The molecule has 7 heteroatoms. The second-order valence-corrected chi connectivity index (χ2v) is 4.32. The predicted octanol–water partition coefficient (Wildman–Crippen LogP) is 1.40. The number of halogens is 1. The molecule has 0 aliphatic carbocycles. The molecule has 3 aromatic rings. The molecule has 3 N–H and O–H groups in total. The number of nitrogens with one attached hydrogen (secondary N) is 3. The Morgan fingerprint density at radius 2 is 2.30 bits per heavy atom. The molecule has 0 saturated carbocycles. The van der Waals surface area contributed by atoms with Crippen LogP contribution in [0.5, 0.6) is 0 Å². The van der Waals surface area contributed by atoms with Gasteiger partial charge < -0.3 is 15.3 Å². The molecule has 20 heavy (non-hydrogen) atoms. The summed E-state index contributed by atoms with van der Waals surface area (Å²) in [5.41, 5.74) is 1.78. The van der Waals surface area contributed by atoms with E-state index < -0.39 is 0 Å². The maximum absolute atomic E-state index is 13.0. The normalized spacial score (nSPS) is 10.8. The van der Waals surface area contributed by atoms with Crippen LogP contribution in [0.2, 0.25) is 0 Å². The molecule has 0 aliphatic heterocycles. The molecule has 0 aliphatic rings. The van der Waals surface area contributed by atoms with E-state index in [-0.39, 0.29) is 11.7 Å². The smallest absolute Gasteiger partial charge is 0.269 e. The second-order valence-electron chi connectivity index (χ2n) is 4.32. The molecule has 0 saturated heterocycles. The number of aromatic amines is 2. The molecule has 6 nitrogen and oxygen atoms in total. The summed E-state index contributed by atoms with van der Waals surface area (Å²) in [6.45, 7) is 0.431. The van der Waals surface area contributed by atoms with Crippen molar-refractivity contribution in [1.29, 1.82) is 0 Å². The Labute approximate surface area is 113 Å². The van der Waals surface area contributed by atoms with Crippen molar-refractivity contribution in [3.05, 3.63) is 48.1 Å². The molecular formula is C13H12FN5O. The number of hydrogen-bond donors (Lipinski definition) is 3. The highest BCUT2D eigenvalue weighted by atomic mass is 19.1. The maximum atomic E-state index is 13.0. The Hall–Kier alpha value is -2.70. The number of aromatic nitrogens is 4. The van der Waals surface area contributed by atoms with Crippen LogP contribution in [0.4, 0.5) is 4.39 Å². The third-order valence-electron chi connectivity index (χ3n) is 2.88. The van der Waals surface area contributed by atoms with Crippen LogP contribution in [-0.4, -0.2) is 32.4 Å². The lowest BCUT2D eigenvalue weighted by atomic mass is 10.3. The third kappa shape index (κ3) is 2.51. The Bertz CT molecular complexity index is 734. The van der Waals surface area contributed by atoms with Crippen LogP contribution >= 0.6 is 0 Å². The van der Waals surface area contributed by atoms with Gasteiger partial charge in [0, 0.05) is 13.0 Å². The van der Waals surface area contributed by atoms with Crippen LogP contribution in [-0.2, 0) is 6.42 Å². The molecule has 0 radical (unpaired) electrons. The van der Waals surface area contributed by atoms with Crippen molar-refractivity contribution in [2.75, 3.05) is 6.54 Å². The number of hydrogen-bond acceptors (Lipinski definition) is 3. The fourth-order valence-corrected chi connectivity index (χ4v) is 1.92. The molecule has 0 bridgehead atoms. The fourth-order valence-electron chi connectivity index (χ4n) is 1.92. The van der Waals surface area contributed by atoms with Gasteiger partial charge in [-0.25, -0.2) is 14.4 Å². The first-order chi connectivity index (χ1) is 9.72. The number of benzene rings is 1. The van der Waals surface area contributed by atoms with Crippen molar-refractivity contribution in [2.24, 2.45) is 0 Å². The standard InChI is InChI=1S/C13H12FN5O/c14-8-1-2-9-10(5-8)19-12(18-9)3-4-16-13(20)11-6-15-7-17-11/h1-2,5-7H,3-4H2,(H,15,17)(H,16,20)(H,18,19). The average molecular weight is 273 g/mol. The first-order valence-corrected chi connectivity index (χ1v) is 6.13. The number of rotatable bonds is 4. The van der Waals surface area contributed by atoms with Gasteiger partial charge in [-0.05, 0) is 18.2 Å². The number of carbonyl (C=O) groups excluding carboxylic acids is 1. The number of amides is 1. The van der Waals surface area contributed by atoms with E-state index in [4.69, 9.17) is 0 Å². The van der Waals surface area contributed by atoms with E-state index in [2.05, 4.69) is 25.3 Å². The number of imidazole rings is 2. The molecule has 0 fully saturated rings. The summed E-state index contributed by atoms with van der Waals surface area (Å²) in [6, 6.07) is 4.38. The largest absolute Gasteiger partial charge is 0.350 e. The van der Waals surface area contributed by atoms with E-state index in [9.17, 15) is 9.18 Å². The van der Waals surface area contributed by atoms with Crippen LogP contribution in [0.3, 0.4) is 0 Å². The minimum atomic E-state index is -0.305. The summed E-state index contributed by atoms with van der Waals surface area (Å²) in [5, 5.41) is 2.75. The van der Waals surface area contributed by atoms with Crippen LogP contribution < -0.4 is 5.32 Å². The van der Waals surface area contributed by atoms with Crippen LogP contribution in [0.25, 0.3) is 11.0 Å². The highest BCUT2D eigenvalue weighted by molar-refractivity contribution is 5.91. The van der Waals surface area contributed by atoms with E-state index in [0.717, 1.165) is 0 Å². The van der Waals surface area contributed by atoms with Crippen molar-refractivity contribution >= 4 is 16.9 Å². The van der Waals surface area contributed by atoms with Crippen molar-refractivity contribution in [3.63, 3.8) is 0 Å². The number of fused-ring (bicyclic) bond motifs is 1.